The van der Waals surface area contributed by atoms with Gasteiger partial charge in [-0.15, -0.1) is 0 Å². The van der Waals surface area contributed by atoms with Crippen molar-refractivity contribution < 1.29 is 4.92 Å². The summed E-state index contributed by atoms with van der Waals surface area (Å²) >= 11 is 1.20. The highest BCUT2D eigenvalue weighted by atomic mass is 32.1. The first-order chi connectivity index (χ1) is 5.52. The first-order valence-corrected chi connectivity index (χ1v) is 4.26. The molecule has 1 rings (SSSR count). The van der Waals surface area contributed by atoms with Gasteiger partial charge in [-0.3, -0.25) is 10.1 Å². The molecule has 0 aliphatic heterocycles. The smallest absolute Gasteiger partial charge is 0.326 e. The Kier molecular flexibility index (Phi) is 2.32. The summed E-state index contributed by atoms with van der Waals surface area (Å²) in [6.45, 7) is 1.87. The first-order valence-electron chi connectivity index (χ1n) is 3.44. The van der Waals surface area contributed by atoms with Gasteiger partial charge in [-0.25, -0.2) is 0 Å². The monoisotopic (exact) mass is 186 g/mol. The SMILES string of the molecule is Cc1cc([N+](=O)[O-])sc1N(C)C. The quantitative estimate of drug-likeness (QED) is 0.524. The Morgan fingerprint density at radius 1 is 1.58 bits per heavy atom. The molecule has 1 heterocycles. The number of nitrogens with zero attached hydrogens (tertiary/aromatic N) is 2. The van der Waals surface area contributed by atoms with Crippen molar-refractivity contribution in [2.45, 2.75) is 6.92 Å². The number of thiophene rings is 1. The molecule has 0 aliphatic carbocycles. The van der Waals surface area contributed by atoms with E-state index in [4.69, 9.17) is 0 Å². The minimum absolute atomic E-state index is 0.205. The van der Waals surface area contributed by atoms with E-state index in [1.165, 1.54) is 11.3 Å². The molecule has 0 aromatic carbocycles. The number of hydrogen-bond donors (Lipinski definition) is 0. The molecular weight excluding hydrogens is 176 g/mol. The fourth-order valence-corrected chi connectivity index (χ4v) is 1.90. The van der Waals surface area contributed by atoms with Crippen LogP contribution in [0.5, 0.6) is 0 Å². The summed E-state index contributed by atoms with van der Waals surface area (Å²) in [4.78, 5) is 11.9. The van der Waals surface area contributed by atoms with E-state index >= 15 is 0 Å². The molecule has 0 atom stereocenters. The van der Waals surface area contributed by atoms with Crippen LogP contribution in [-0.2, 0) is 0 Å². The number of aryl methyl sites for hydroxylation is 1. The van der Waals surface area contributed by atoms with Gasteiger partial charge < -0.3 is 4.90 Å². The Hall–Kier alpha value is -1.10. The lowest BCUT2D eigenvalue weighted by Crippen LogP contribution is -2.07. The second kappa shape index (κ2) is 3.10. The van der Waals surface area contributed by atoms with Crippen LogP contribution in [0.4, 0.5) is 10.0 Å². The third-order valence-electron chi connectivity index (χ3n) is 1.46. The molecule has 66 valence electrons. The van der Waals surface area contributed by atoms with Gasteiger partial charge in [0.2, 0.25) is 0 Å². The van der Waals surface area contributed by atoms with E-state index in [-0.39, 0.29) is 9.92 Å². The third kappa shape index (κ3) is 1.55. The molecule has 0 unspecified atom stereocenters. The lowest BCUT2D eigenvalue weighted by atomic mass is 10.3. The molecule has 0 N–H and O–H groups in total. The largest absolute Gasteiger partial charge is 0.369 e. The molecule has 0 saturated carbocycles. The molecular formula is C7H10N2O2S. The highest BCUT2D eigenvalue weighted by molar-refractivity contribution is 7.19. The summed E-state index contributed by atoms with van der Waals surface area (Å²) in [6, 6.07) is 1.60. The summed E-state index contributed by atoms with van der Waals surface area (Å²) in [5.74, 6) is 0. The van der Waals surface area contributed by atoms with Crippen molar-refractivity contribution in [2.24, 2.45) is 0 Å². The molecule has 0 saturated heterocycles. The minimum Gasteiger partial charge on any atom is -0.369 e. The number of nitro groups is 1. The van der Waals surface area contributed by atoms with Crippen molar-refractivity contribution in [3.05, 3.63) is 21.7 Å². The van der Waals surface area contributed by atoms with Crippen molar-refractivity contribution in [1.29, 1.82) is 0 Å². The second-order valence-corrected chi connectivity index (χ2v) is 3.73. The molecule has 1 aromatic heterocycles. The Bertz CT molecular complexity index is 306. The van der Waals surface area contributed by atoms with Gasteiger partial charge in [-0.2, -0.15) is 0 Å². The number of rotatable bonds is 2. The maximum atomic E-state index is 10.4. The van der Waals surface area contributed by atoms with Crippen molar-refractivity contribution in [1.82, 2.24) is 0 Å². The minimum atomic E-state index is -0.356. The van der Waals surface area contributed by atoms with Crippen molar-refractivity contribution >= 4 is 21.3 Å². The maximum Gasteiger partial charge on any atom is 0.326 e. The molecule has 0 aliphatic rings. The van der Waals surface area contributed by atoms with Gasteiger partial charge in [0.25, 0.3) is 0 Å². The van der Waals surface area contributed by atoms with Crippen LogP contribution >= 0.6 is 11.3 Å². The molecule has 0 amide bonds. The molecule has 0 radical (unpaired) electrons. The van der Waals surface area contributed by atoms with Crippen LogP contribution in [-0.4, -0.2) is 19.0 Å². The summed E-state index contributed by atoms with van der Waals surface area (Å²) in [7, 11) is 3.76. The van der Waals surface area contributed by atoms with E-state index < -0.39 is 0 Å². The average Bonchev–Trinajstić information content (AvgIpc) is 2.30. The van der Waals surface area contributed by atoms with Crippen LogP contribution in [0.1, 0.15) is 5.56 Å². The molecule has 0 bridgehead atoms. The Labute approximate surface area is 74.6 Å². The van der Waals surface area contributed by atoms with Gasteiger partial charge in [0.1, 0.15) is 5.00 Å². The topological polar surface area (TPSA) is 46.4 Å². The van der Waals surface area contributed by atoms with Gasteiger partial charge >= 0.3 is 5.00 Å². The average molecular weight is 186 g/mol. The van der Waals surface area contributed by atoms with Gasteiger partial charge in [0.15, 0.2) is 0 Å². The fraction of sp³-hybridized carbons (Fsp3) is 0.429. The third-order valence-corrected chi connectivity index (χ3v) is 2.82. The van der Waals surface area contributed by atoms with Crippen LogP contribution < -0.4 is 4.90 Å². The molecule has 1 aromatic rings. The van der Waals surface area contributed by atoms with Crippen LogP contribution in [0.25, 0.3) is 0 Å². The summed E-state index contributed by atoms with van der Waals surface area (Å²) in [5, 5.41) is 11.5. The molecule has 4 nitrogen and oxygen atoms in total. The first kappa shape index (κ1) is 8.99. The van der Waals surface area contributed by atoms with E-state index in [0.29, 0.717) is 0 Å². The van der Waals surface area contributed by atoms with Gasteiger partial charge in [-0.05, 0) is 23.8 Å². The van der Waals surface area contributed by atoms with Crippen molar-refractivity contribution in [3.8, 4) is 0 Å². The van der Waals surface area contributed by atoms with Crippen LogP contribution in [0, 0.1) is 17.0 Å². The lowest BCUT2D eigenvalue weighted by Gasteiger charge is -2.08. The Morgan fingerprint density at radius 3 is 2.42 bits per heavy atom. The van der Waals surface area contributed by atoms with Gasteiger partial charge in [0.05, 0.1) is 4.92 Å². The van der Waals surface area contributed by atoms with E-state index in [1.807, 2.05) is 25.9 Å². The fourth-order valence-electron chi connectivity index (χ4n) is 0.990. The van der Waals surface area contributed by atoms with Crippen LogP contribution in [0.2, 0.25) is 0 Å². The van der Waals surface area contributed by atoms with Crippen molar-refractivity contribution in [3.63, 3.8) is 0 Å². The molecule has 12 heavy (non-hydrogen) atoms. The molecule has 0 fully saturated rings. The van der Waals surface area contributed by atoms with Gasteiger partial charge in [0, 0.05) is 20.2 Å². The second-order valence-electron chi connectivity index (χ2n) is 2.72. The van der Waals surface area contributed by atoms with Gasteiger partial charge in [-0.1, -0.05) is 0 Å². The summed E-state index contributed by atoms with van der Waals surface area (Å²) in [6.07, 6.45) is 0. The highest BCUT2D eigenvalue weighted by Crippen LogP contribution is 2.34. The Balaban J connectivity index is 3.09. The van der Waals surface area contributed by atoms with Crippen LogP contribution in [0.15, 0.2) is 6.07 Å². The van der Waals surface area contributed by atoms with E-state index in [1.54, 1.807) is 6.07 Å². The normalized spacial score (nSPS) is 9.92. The molecule has 0 spiro atoms. The summed E-state index contributed by atoms with van der Waals surface area (Å²) < 4.78 is 0. The predicted molar refractivity (Wildman–Crippen MR) is 50.0 cm³/mol. The van der Waals surface area contributed by atoms with Crippen LogP contribution in [0.3, 0.4) is 0 Å². The van der Waals surface area contributed by atoms with E-state index in [9.17, 15) is 10.1 Å². The van der Waals surface area contributed by atoms with E-state index in [2.05, 4.69) is 0 Å². The number of hydrogen-bond acceptors (Lipinski definition) is 4. The maximum absolute atomic E-state index is 10.4. The highest BCUT2D eigenvalue weighted by Gasteiger charge is 2.14. The summed E-state index contributed by atoms with van der Waals surface area (Å²) in [5.41, 5.74) is 0.955. The number of anilines is 1. The van der Waals surface area contributed by atoms with E-state index in [0.717, 1.165) is 10.6 Å². The predicted octanol–water partition coefficient (Wildman–Crippen LogP) is 2.03. The Morgan fingerprint density at radius 2 is 2.17 bits per heavy atom. The lowest BCUT2D eigenvalue weighted by molar-refractivity contribution is -0.380. The zero-order valence-corrected chi connectivity index (χ0v) is 8.01. The zero-order chi connectivity index (χ0) is 9.30. The molecule has 5 heteroatoms. The van der Waals surface area contributed by atoms with Crippen molar-refractivity contribution in [2.75, 3.05) is 19.0 Å². The standard InChI is InChI=1S/C7H10N2O2S/c1-5-4-6(9(10)11)12-7(5)8(2)3/h4H,1-3H3. The zero-order valence-electron chi connectivity index (χ0n) is 7.20.